The Labute approximate surface area is 156 Å². The van der Waals surface area contributed by atoms with E-state index in [1.54, 1.807) is 17.9 Å². The predicted molar refractivity (Wildman–Crippen MR) is 101 cm³/mol. The van der Waals surface area contributed by atoms with E-state index in [4.69, 9.17) is 0 Å². The van der Waals surface area contributed by atoms with Gasteiger partial charge in [0.2, 0.25) is 5.91 Å². The number of carbonyl (C=O) groups excluding carboxylic acids is 2. The van der Waals surface area contributed by atoms with Crippen molar-refractivity contribution in [2.24, 2.45) is 0 Å². The van der Waals surface area contributed by atoms with E-state index < -0.39 is 6.04 Å². The van der Waals surface area contributed by atoms with Crippen LogP contribution in [0.1, 0.15) is 21.6 Å². The normalized spacial score (nSPS) is 17.2. The lowest BCUT2D eigenvalue weighted by Gasteiger charge is -2.35. The fourth-order valence-corrected chi connectivity index (χ4v) is 3.65. The van der Waals surface area contributed by atoms with Gasteiger partial charge in [0.05, 0.1) is 0 Å². The largest absolute Gasteiger partial charge is 0.353 e. The number of rotatable bonds is 3. The summed E-state index contributed by atoms with van der Waals surface area (Å²) < 4.78 is 13.6. The van der Waals surface area contributed by atoms with E-state index >= 15 is 0 Å². The maximum Gasteiger partial charge on any atom is 0.271 e. The van der Waals surface area contributed by atoms with Crippen LogP contribution in [0.5, 0.6) is 0 Å². The number of hydrogen-bond acceptors (Lipinski definition) is 2. The van der Waals surface area contributed by atoms with Crippen molar-refractivity contribution in [3.05, 3.63) is 71.2 Å². The van der Waals surface area contributed by atoms with Gasteiger partial charge in [0.25, 0.3) is 5.91 Å². The molecule has 1 unspecified atom stereocenters. The molecular formula is C21H20FN3O2. The first-order valence-corrected chi connectivity index (χ1v) is 8.95. The van der Waals surface area contributed by atoms with Crippen molar-refractivity contribution >= 4 is 22.7 Å². The van der Waals surface area contributed by atoms with Gasteiger partial charge in [-0.3, -0.25) is 9.59 Å². The van der Waals surface area contributed by atoms with Gasteiger partial charge in [-0.15, -0.1) is 0 Å². The first-order chi connectivity index (χ1) is 13.0. The van der Waals surface area contributed by atoms with E-state index in [1.165, 1.54) is 12.1 Å². The number of piperazine rings is 1. The molecule has 1 aliphatic heterocycles. The Morgan fingerprint density at radius 3 is 2.78 bits per heavy atom. The monoisotopic (exact) mass is 365 g/mol. The molecule has 3 aromatic rings. The summed E-state index contributed by atoms with van der Waals surface area (Å²) in [5.41, 5.74) is 2.80. The summed E-state index contributed by atoms with van der Waals surface area (Å²) in [4.78, 5) is 30.4. The van der Waals surface area contributed by atoms with E-state index in [2.05, 4.69) is 10.3 Å². The smallest absolute Gasteiger partial charge is 0.271 e. The highest BCUT2D eigenvalue weighted by molar-refractivity contribution is 6.03. The number of aromatic nitrogens is 1. The van der Waals surface area contributed by atoms with E-state index in [0.717, 1.165) is 5.56 Å². The first kappa shape index (κ1) is 17.3. The zero-order valence-electron chi connectivity index (χ0n) is 15.0. The number of halogens is 1. The fraction of sp³-hybridized carbons (Fsp3) is 0.238. The summed E-state index contributed by atoms with van der Waals surface area (Å²) in [6.07, 6.45) is 0.451. The molecule has 1 fully saturated rings. The number of aromatic amines is 1. The molecule has 1 saturated heterocycles. The highest BCUT2D eigenvalue weighted by atomic mass is 19.1. The number of hydrogen-bond donors (Lipinski definition) is 2. The second-order valence-electron chi connectivity index (χ2n) is 6.81. The maximum absolute atomic E-state index is 13.6. The number of benzene rings is 2. The zero-order chi connectivity index (χ0) is 19.0. The quantitative estimate of drug-likeness (QED) is 0.750. The predicted octanol–water partition coefficient (Wildman–Crippen LogP) is 2.80. The topological polar surface area (TPSA) is 65.2 Å². The van der Waals surface area contributed by atoms with Gasteiger partial charge in [0.1, 0.15) is 17.6 Å². The van der Waals surface area contributed by atoms with Crippen molar-refractivity contribution in [1.29, 1.82) is 0 Å². The van der Waals surface area contributed by atoms with Crippen molar-refractivity contribution in [2.45, 2.75) is 19.4 Å². The molecule has 27 heavy (non-hydrogen) atoms. The molecule has 138 valence electrons. The van der Waals surface area contributed by atoms with Crippen molar-refractivity contribution < 1.29 is 14.0 Å². The average Bonchev–Trinajstić information content (AvgIpc) is 3.00. The summed E-state index contributed by atoms with van der Waals surface area (Å²) in [6, 6.07) is 13.5. The zero-order valence-corrected chi connectivity index (χ0v) is 15.0. The van der Waals surface area contributed by atoms with Gasteiger partial charge in [-0.05, 0) is 36.2 Å². The molecule has 2 N–H and O–H groups in total. The lowest BCUT2D eigenvalue weighted by molar-refractivity contribution is -0.127. The number of fused-ring (bicyclic) bond motifs is 1. The highest BCUT2D eigenvalue weighted by Crippen LogP contribution is 2.25. The molecule has 6 heteroatoms. The minimum Gasteiger partial charge on any atom is -0.353 e. The third-order valence-corrected chi connectivity index (χ3v) is 5.10. The lowest BCUT2D eigenvalue weighted by atomic mass is 10.0. The Bertz CT molecular complexity index is 1010. The minimum atomic E-state index is -0.573. The number of nitrogens with zero attached hydrogens (tertiary/aromatic N) is 1. The SMILES string of the molecule is Cc1c(C(=O)N2CCNC(=O)C2Cc2ccccc2)[nH]c2ccc(F)cc12. The Balaban J connectivity index is 1.68. The first-order valence-electron chi connectivity index (χ1n) is 8.95. The van der Waals surface area contributed by atoms with Crippen LogP contribution in [0.2, 0.25) is 0 Å². The summed E-state index contributed by atoms with van der Waals surface area (Å²) in [7, 11) is 0. The van der Waals surface area contributed by atoms with Crippen molar-refractivity contribution in [3.8, 4) is 0 Å². The number of aryl methyl sites for hydroxylation is 1. The van der Waals surface area contributed by atoms with Crippen molar-refractivity contribution in [2.75, 3.05) is 13.1 Å². The maximum atomic E-state index is 13.6. The molecule has 5 nitrogen and oxygen atoms in total. The van der Waals surface area contributed by atoms with Gasteiger partial charge in [-0.2, -0.15) is 0 Å². The van der Waals surface area contributed by atoms with E-state index in [0.29, 0.717) is 41.7 Å². The summed E-state index contributed by atoms with van der Waals surface area (Å²) in [6.45, 7) is 2.65. The van der Waals surface area contributed by atoms with E-state index in [1.807, 2.05) is 30.3 Å². The van der Waals surface area contributed by atoms with Gasteiger partial charge >= 0.3 is 0 Å². The van der Waals surface area contributed by atoms with Crippen LogP contribution in [0.15, 0.2) is 48.5 Å². The standard InChI is InChI=1S/C21H20FN3O2/c1-13-16-12-15(22)7-8-17(16)24-19(13)21(27)25-10-9-23-20(26)18(25)11-14-5-3-2-4-6-14/h2-8,12,18,24H,9-11H2,1H3,(H,23,26). The fourth-order valence-electron chi connectivity index (χ4n) is 3.65. The molecule has 2 amide bonds. The van der Waals surface area contributed by atoms with Crippen LogP contribution in [0, 0.1) is 12.7 Å². The Kier molecular flexibility index (Phi) is 4.39. The number of carbonyl (C=O) groups is 2. The third-order valence-electron chi connectivity index (χ3n) is 5.10. The molecule has 0 aliphatic carbocycles. The molecular weight excluding hydrogens is 345 g/mol. The molecule has 1 aliphatic rings. The van der Waals surface area contributed by atoms with Gasteiger partial charge in [0.15, 0.2) is 0 Å². The summed E-state index contributed by atoms with van der Waals surface area (Å²) >= 11 is 0. The van der Waals surface area contributed by atoms with Crippen LogP contribution in [-0.4, -0.2) is 40.8 Å². The van der Waals surface area contributed by atoms with Crippen LogP contribution in [0.3, 0.4) is 0 Å². The number of H-pyrrole nitrogens is 1. The minimum absolute atomic E-state index is 0.154. The van der Waals surface area contributed by atoms with Gasteiger partial charge in [0, 0.05) is 30.4 Å². The number of amides is 2. The molecule has 0 saturated carbocycles. The molecule has 1 atom stereocenters. The summed E-state index contributed by atoms with van der Waals surface area (Å²) in [5, 5.41) is 3.52. The van der Waals surface area contributed by atoms with Gasteiger partial charge < -0.3 is 15.2 Å². The molecule has 2 heterocycles. The Morgan fingerprint density at radius 2 is 2.00 bits per heavy atom. The van der Waals surface area contributed by atoms with Crippen LogP contribution in [-0.2, 0) is 11.2 Å². The van der Waals surface area contributed by atoms with Crippen LogP contribution in [0.25, 0.3) is 10.9 Å². The van der Waals surface area contributed by atoms with Crippen LogP contribution < -0.4 is 5.32 Å². The van der Waals surface area contributed by atoms with Crippen LogP contribution >= 0.6 is 0 Å². The van der Waals surface area contributed by atoms with Gasteiger partial charge in [-0.25, -0.2) is 4.39 Å². The third kappa shape index (κ3) is 3.18. The molecule has 2 aromatic carbocycles. The molecule has 4 rings (SSSR count). The molecule has 0 bridgehead atoms. The van der Waals surface area contributed by atoms with Crippen molar-refractivity contribution in [3.63, 3.8) is 0 Å². The van der Waals surface area contributed by atoms with E-state index in [-0.39, 0.29) is 17.6 Å². The van der Waals surface area contributed by atoms with Crippen molar-refractivity contribution in [1.82, 2.24) is 15.2 Å². The highest BCUT2D eigenvalue weighted by Gasteiger charge is 2.34. The van der Waals surface area contributed by atoms with Crippen LogP contribution in [0.4, 0.5) is 4.39 Å². The summed E-state index contributed by atoms with van der Waals surface area (Å²) in [5.74, 6) is -0.735. The second-order valence-corrected chi connectivity index (χ2v) is 6.81. The molecule has 0 spiro atoms. The molecule has 1 aromatic heterocycles. The van der Waals surface area contributed by atoms with E-state index in [9.17, 15) is 14.0 Å². The Hall–Kier alpha value is -3.15. The van der Waals surface area contributed by atoms with Gasteiger partial charge in [-0.1, -0.05) is 30.3 Å². The Morgan fingerprint density at radius 1 is 1.22 bits per heavy atom. The number of nitrogens with one attached hydrogen (secondary N) is 2. The lowest BCUT2D eigenvalue weighted by Crippen LogP contribution is -2.58. The average molecular weight is 365 g/mol. The second kappa shape index (κ2) is 6.87. The molecule has 0 radical (unpaired) electrons.